The number of thiazole rings is 1. The molecule has 1 heterocycles. The summed E-state index contributed by atoms with van der Waals surface area (Å²) in [5.74, 6) is -0.135. The average Bonchev–Trinajstić information content (AvgIpc) is 2.89. The zero-order chi connectivity index (χ0) is 16.7. The molecule has 0 aliphatic carbocycles. The molecule has 0 aliphatic heterocycles. The second-order valence-electron chi connectivity index (χ2n) is 5.34. The zero-order valence-electron chi connectivity index (χ0n) is 13.4. The molecule has 1 amide bonds. The van der Waals surface area contributed by atoms with Gasteiger partial charge in [0.25, 0.3) is 5.91 Å². The first-order chi connectivity index (χ1) is 11.1. The van der Waals surface area contributed by atoms with E-state index < -0.39 is 6.10 Å². The molecule has 0 spiro atoms. The average molecular weight is 334 g/mol. The largest absolute Gasteiger partial charge is 0.391 e. The van der Waals surface area contributed by atoms with Gasteiger partial charge < -0.3 is 15.2 Å². The van der Waals surface area contributed by atoms with Crippen LogP contribution < -0.4 is 5.32 Å². The standard InChI is InChI=1S/C17H22N2O3S/c1-12-16(17(21)18-9-8-14(20)11-22-2)23-15(19-12)10-13-6-4-3-5-7-13/h3-7,14,20H,8-11H2,1-2H3,(H,18,21). The minimum absolute atomic E-state index is 0.135. The first-order valence-electron chi connectivity index (χ1n) is 7.55. The lowest BCUT2D eigenvalue weighted by atomic mass is 10.2. The van der Waals surface area contributed by atoms with Gasteiger partial charge in [-0.3, -0.25) is 4.79 Å². The van der Waals surface area contributed by atoms with Crippen LogP contribution in [0, 0.1) is 6.92 Å². The highest BCUT2D eigenvalue weighted by atomic mass is 32.1. The number of rotatable bonds is 8. The number of aliphatic hydroxyl groups is 1. The molecule has 0 bridgehead atoms. The number of hydrogen-bond acceptors (Lipinski definition) is 5. The van der Waals surface area contributed by atoms with Crippen molar-refractivity contribution in [1.29, 1.82) is 0 Å². The van der Waals surface area contributed by atoms with Crippen molar-refractivity contribution in [3.05, 3.63) is 51.5 Å². The van der Waals surface area contributed by atoms with E-state index in [2.05, 4.69) is 10.3 Å². The van der Waals surface area contributed by atoms with E-state index in [9.17, 15) is 9.90 Å². The summed E-state index contributed by atoms with van der Waals surface area (Å²) >= 11 is 1.42. The monoisotopic (exact) mass is 334 g/mol. The number of methoxy groups -OCH3 is 1. The van der Waals surface area contributed by atoms with Crippen LogP contribution in [0.25, 0.3) is 0 Å². The zero-order valence-corrected chi connectivity index (χ0v) is 14.2. The molecule has 0 aliphatic rings. The maximum Gasteiger partial charge on any atom is 0.263 e. The van der Waals surface area contributed by atoms with Crippen LogP contribution in [0.5, 0.6) is 0 Å². The molecule has 0 radical (unpaired) electrons. The van der Waals surface area contributed by atoms with E-state index in [-0.39, 0.29) is 12.5 Å². The van der Waals surface area contributed by atoms with Gasteiger partial charge in [-0.15, -0.1) is 11.3 Å². The first-order valence-corrected chi connectivity index (χ1v) is 8.37. The quantitative estimate of drug-likeness (QED) is 0.776. The van der Waals surface area contributed by atoms with Gasteiger partial charge in [-0.1, -0.05) is 30.3 Å². The maximum absolute atomic E-state index is 12.2. The topological polar surface area (TPSA) is 71.5 Å². The Morgan fingerprint density at radius 2 is 2.13 bits per heavy atom. The number of amides is 1. The van der Waals surface area contributed by atoms with E-state index in [4.69, 9.17) is 4.74 Å². The Balaban J connectivity index is 1.91. The molecule has 2 rings (SSSR count). The summed E-state index contributed by atoms with van der Waals surface area (Å²) < 4.78 is 4.85. The second-order valence-corrected chi connectivity index (χ2v) is 6.42. The van der Waals surface area contributed by atoms with Gasteiger partial charge in [-0.2, -0.15) is 0 Å². The van der Waals surface area contributed by atoms with Gasteiger partial charge >= 0.3 is 0 Å². The number of benzene rings is 1. The van der Waals surface area contributed by atoms with E-state index in [0.717, 1.165) is 17.1 Å². The number of carbonyl (C=O) groups excluding carboxylic acids is 1. The fourth-order valence-electron chi connectivity index (χ4n) is 2.22. The van der Waals surface area contributed by atoms with Crippen LogP contribution in [0.2, 0.25) is 0 Å². The fourth-order valence-corrected chi connectivity index (χ4v) is 3.23. The molecule has 124 valence electrons. The van der Waals surface area contributed by atoms with Gasteiger partial charge in [0.05, 0.1) is 23.4 Å². The van der Waals surface area contributed by atoms with Gasteiger partial charge in [0.1, 0.15) is 4.88 Å². The maximum atomic E-state index is 12.2. The molecule has 2 aromatic rings. The fraction of sp³-hybridized carbons (Fsp3) is 0.412. The van der Waals surface area contributed by atoms with Gasteiger partial charge in [0, 0.05) is 20.1 Å². The number of nitrogens with one attached hydrogen (secondary N) is 1. The summed E-state index contributed by atoms with van der Waals surface area (Å²) in [6.07, 6.45) is 0.636. The van der Waals surface area contributed by atoms with Crippen LogP contribution in [0.15, 0.2) is 30.3 Å². The van der Waals surface area contributed by atoms with Gasteiger partial charge in [-0.05, 0) is 18.9 Å². The molecule has 0 saturated heterocycles. The summed E-state index contributed by atoms with van der Waals surface area (Å²) in [4.78, 5) is 17.3. The van der Waals surface area contributed by atoms with Crippen LogP contribution >= 0.6 is 11.3 Å². The summed E-state index contributed by atoms with van der Waals surface area (Å²) in [7, 11) is 1.54. The van der Waals surface area contributed by atoms with E-state index >= 15 is 0 Å². The third-order valence-electron chi connectivity index (χ3n) is 3.37. The minimum Gasteiger partial charge on any atom is -0.391 e. The Hall–Kier alpha value is -1.76. The number of aliphatic hydroxyl groups excluding tert-OH is 1. The highest BCUT2D eigenvalue weighted by Gasteiger charge is 2.15. The van der Waals surface area contributed by atoms with Crippen molar-refractivity contribution in [2.45, 2.75) is 25.9 Å². The predicted octanol–water partition coefficient (Wildman–Crippen LogP) is 2.17. The van der Waals surface area contributed by atoms with Crippen molar-refractivity contribution in [2.24, 2.45) is 0 Å². The minimum atomic E-state index is -0.559. The summed E-state index contributed by atoms with van der Waals surface area (Å²) in [6, 6.07) is 10.1. The lowest BCUT2D eigenvalue weighted by molar-refractivity contribution is 0.0588. The molecule has 5 nitrogen and oxygen atoms in total. The van der Waals surface area contributed by atoms with Crippen molar-refractivity contribution in [2.75, 3.05) is 20.3 Å². The van der Waals surface area contributed by atoms with E-state index in [0.29, 0.717) is 17.8 Å². The molecule has 1 aromatic heterocycles. The Morgan fingerprint density at radius 3 is 2.83 bits per heavy atom. The lowest BCUT2D eigenvalue weighted by Gasteiger charge is -2.09. The number of aromatic nitrogens is 1. The predicted molar refractivity (Wildman–Crippen MR) is 90.9 cm³/mol. The van der Waals surface area contributed by atoms with Gasteiger partial charge in [0.15, 0.2) is 0 Å². The number of ether oxygens (including phenoxy) is 1. The molecular weight excluding hydrogens is 312 g/mol. The number of hydrogen-bond donors (Lipinski definition) is 2. The van der Waals surface area contributed by atoms with Crippen molar-refractivity contribution < 1.29 is 14.6 Å². The van der Waals surface area contributed by atoms with Crippen LogP contribution in [0.4, 0.5) is 0 Å². The Morgan fingerprint density at radius 1 is 1.39 bits per heavy atom. The van der Waals surface area contributed by atoms with Crippen molar-refractivity contribution in [3.8, 4) is 0 Å². The van der Waals surface area contributed by atoms with E-state index in [1.54, 1.807) is 0 Å². The summed E-state index contributed by atoms with van der Waals surface area (Å²) in [5, 5.41) is 13.3. The lowest BCUT2D eigenvalue weighted by Crippen LogP contribution is -2.28. The molecular formula is C17H22N2O3S. The number of carbonyl (C=O) groups is 1. The van der Waals surface area contributed by atoms with E-state index in [1.165, 1.54) is 24.0 Å². The van der Waals surface area contributed by atoms with Crippen molar-refractivity contribution >= 4 is 17.2 Å². The molecule has 0 saturated carbocycles. The third-order valence-corrected chi connectivity index (χ3v) is 4.52. The first kappa shape index (κ1) is 17.6. The van der Waals surface area contributed by atoms with Crippen molar-refractivity contribution in [3.63, 3.8) is 0 Å². The normalized spacial score (nSPS) is 12.1. The Bertz CT molecular complexity index is 628. The highest BCUT2D eigenvalue weighted by Crippen LogP contribution is 2.20. The molecule has 23 heavy (non-hydrogen) atoms. The second kappa shape index (κ2) is 8.76. The SMILES string of the molecule is COCC(O)CCNC(=O)c1sc(Cc2ccccc2)nc1C. The van der Waals surface area contributed by atoms with Crippen LogP contribution in [-0.2, 0) is 11.2 Å². The van der Waals surface area contributed by atoms with Gasteiger partial charge in [-0.25, -0.2) is 4.98 Å². The molecule has 1 unspecified atom stereocenters. The molecule has 1 atom stereocenters. The van der Waals surface area contributed by atoms with Gasteiger partial charge in [0.2, 0.25) is 0 Å². The molecule has 0 fully saturated rings. The summed E-state index contributed by atoms with van der Waals surface area (Å²) in [6.45, 7) is 2.53. The Labute approximate surface area is 140 Å². The van der Waals surface area contributed by atoms with Crippen LogP contribution in [0.1, 0.15) is 32.4 Å². The Kier molecular flexibility index (Phi) is 6.70. The number of aryl methyl sites for hydroxylation is 1. The van der Waals surface area contributed by atoms with Crippen LogP contribution in [0.3, 0.4) is 0 Å². The summed E-state index contributed by atoms with van der Waals surface area (Å²) in [5.41, 5.74) is 1.92. The molecule has 6 heteroatoms. The third kappa shape index (κ3) is 5.42. The highest BCUT2D eigenvalue weighted by molar-refractivity contribution is 7.13. The molecule has 2 N–H and O–H groups in total. The van der Waals surface area contributed by atoms with Crippen LogP contribution in [-0.4, -0.2) is 42.4 Å². The molecule has 1 aromatic carbocycles. The number of nitrogens with zero attached hydrogens (tertiary/aromatic N) is 1. The smallest absolute Gasteiger partial charge is 0.263 e. The van der Waals surface area contributed by atoms with E-state index in [1.807, 2.05) is 37.3 Å². The van der Waals surface area contributed by atoms with Crippen molar-refractivity contribution in [1.82, 2.24) is 10.3 Å².